The van der Waals surface area contributed by atoms with Crippen molar-refractivity contribution < 1.29 is 13.2 Å². The van der Waals surface area contributed by atoms with Crippen LogP contribution < -0.4 is 4.90 Å². The number of piperidine rings is 1. The maximum Gasteiger partial charge on any atom is 0.227 e. The lowest BCUT2D eigenvalue weighted by Gasteiger charge is -2.39. The third-order valence-corrected chi connectivity index (χ3v) is 6.58. The van der Waals surface area contributed by atoms with E-state index in [0.717, 1.165) is 36.6 Å². The van der Waals surface area contributed by atoms with E-state index in [1.54, 1.807) is 0 Å². The number of hydrogen-bond acceptors (Lipinski definition) is 4. The summed E-state index contributed by atoms with van der Waals surface area (Å²) in [5, 5.41) is 0.721. The van der Waals surface area contributed by atoms with Gasteiger partial charge in [-0.15, -0.1) is 0 Å². The van der Waals surface area contributed by atoms with Gasteiger partial charge < -0.3 is 9.80 Å². The lowest BCUT2D eigenvalue weighted by atomic mass is 9.97. The van der Waals surface area contributed by atoms with Gasteiger partial charge in [0.2, 0.25) is 15.9 Å². The monoisotopic (exact) mass is 385 g/mol. The summed E-state index contributed by atoms with van der Waals surface area (Å²) in [4.78, 5) is 16.9. The Morgan fingerprint density at radius 1 is 1.12 bits per heavy atom. The van der Waals surface area contributed by atoms with Gasteiger partial charge in [-0.25, -0.2) is 12.7 Å². The first kappa shape index (κ1) is 18.5. The molecule has 3 rings (SSSR count). The van der Waals surface area contributed by atoms with Crippen LogP contribution in [-0.4, -0.2) is 69.1 Å². The van der Waals surface area contributed by atoms with Crippen molar-refractivity contribution in [3.05, 3.63) is 29.3 Å². The van der Waals surface area contributed by atoms with Crippen molar-refractivity contribution in [1.82, 2.24) is 9.21 Å². The number of para-hydroxylation sites is 1. The third-order valence-electron chi connectivity index (χ3n) is 4.99. The molecule has 2 aliphatic rings. The van der Waals surface area contributed by atoms with Crippen LogP contribution in [0, 0.1) is 5.92 Å². The van der Waals surface area contributed by atoms with Crippen LogP contribution in [0.4, 0.5) is 5.69 Å². The fraction of sp³-hybridized carbons (Fsp3) is 0.588. The SMILES string of the molecule is CS(=O)(=O)N1CCCC(C(=O)N2CCN(c3ccccc3Cl)CC2)C1. The number of amides is 1. The van der Waals surface area contributed by atoms with Gasteiger partial charge in [-0.3, -0.25) is 4.79 Å². The minimum atomic E-state index is -3.23. The highest BCUT2D eigenvalue weighted by molar-refractivity contribution is 7.88. The number of piperazine rings is 1. The molecule has 138 valence electrons. The Morgan fingerprint density at radius 3 is 2.44 bits per heavy atom. The number of hydrogen-bond donors (Lipinski definition) is 0. The summed E-state index contributed by atoms with van der Waals surface area (Å²) in [5.41, 5.74) is 0.997. The van der Waals surface area contributed by atoms with Crippen LogP contribution in [0.1, 0.15) is 12.8 Å². The molecule has 25 heavy (non-hydrogen) atoms. The molecular weight excluding hydrogens is 362 g/mol. The molecule has 1 aromatic rings. The van der Waals surface area contributed by atoms with Crippen LogP contribution in [0.2, 0.25) is 5.02 Å². The predicted molar refractivity (Wildman–Crippen MR) is 99.4 cm³/mol. The van der Waals surface area contributed by atoms with Gasteiger partial charge in [0.25, 0.3) is 0 Å². The molecule has 0 N–H and O–H groups in total. The van der Waals surface area contributed by atoms with E-state index in [2.05, 4.69) is 4.90 Å². The van der Waals surface area contributed by atoms with Crippen molar-refractivity contribution in [3.63, 3.8) is 0 Å². The molecular formula is C17H24ClN3O3S. The van der Waals surface area contributed by atoms with E-state index in [4.69, 9.17) is 11.6 Å². The molecule has 0 bridgehead atoms. The number of rotatable bonds is 3. The fourth-order valence-corrected chi connectivity index (χ4v) is 4.75. The third kappa shape index (κ3) is 4.27. The van der Waals surface area contributed by atoms with E-state index in [-0.39, 0.29) is 11.8 Å². The number of benzene rings is 1. The second kappa shape index (κ2) is 7.51. The highest BCUT2D eigenvalue weighted by atomic mass is 35.5. The van der Waals surface area contributed by atoms with Gasteiger partial charge >= 0.3 is 0 Å². The molecule has 0 spiro atoms. The molecule has 6 nitrogen and oxygen atoms in total. The van der Waals surface area contributed by atoms with Crippen molar-refractivity contribution in [1.29, 1.82) is 0 Å². The number of anilines is 1. The Balaban J connectivity index is 1.59. The van der Waals surface area contributed by atoms with Gasteiger partial charge in [0.1, 0.15) is 0 Å². The summed E-state index contributed by atoms with van der Waals surface area (Å²) in [6.45, 7) is 3.57. The van der Waals surface area contributed by atoms with Crippen LogP contribution >= 0.6 is 11.6 Å². The van der Waals surface area contributed by atoms with E-state index >= 15 is 0 Å². The zero-order valence-electron chi connectivity index (χ0n) is 14.4. The first-order chi connectivity index (χ1) is 11.9. The normalized spacial score (nSPS) is 22.9. The zero-order valence-corrected chi connectivity index (χ0v) is 16.0. The molecule has 0 radical (unpaired) electrons. The summed E-state index contributed by atoms with van der Waals surface area (Å²) in [5.74, 6) is -0.150. The van der Waals surface area contributed by atoms with E-state index in [1.807, 2.05) is 29.2 Å². The second-order valence-electron chi connectivity index (χ2n) is 6.72. The molecule has 1 unspecified atom stereocenters. The van der Waals surface area contributed by atoms with Crippen LogP contribution in [0.3, 0.4) is 0 Å². The first-order valence-corrected chi connectivity index (χ1v) is 10.8. The van der Waals surface area contributed by atoms with Gasteiger partial charge in [0, 0.05) is 39.3 Å². The second-order valence-corrected chi connectivity index (χ2v) is 9.11. The maximum atomic E-state index is 12.8. The molecule has 1 atom stereocenters. The van der Waals surface area contributed by atoms with Crippen molar-refractivity contribution in [3.8, 4) is 0 Å². The standard InChI is InChI=1S/C17H24ClN3O3S/c1-25(23,24)21-8-4-5-14(13-21)17(22)20-11-9-19(10-12-20)16-7-3-2-6-15(16)18/h2-3,6-7,14H,4-5,8-13H2,1H3. The van der Waals surface area contributed by atoms with Gasteiger partial charge in [0.05, 0.1) is 22.9 Å². The minimum absolute atomic E-state index is 0.0761. The molecule has 2 fully saturated rings. The fourth-order valence-electron chi connectivity index (χ4n) is 3.58. The molecule has 2 saturated heterocycles. The lowest BCUT2D eigenvalue weighted by Crippen LogP contribution is -2.53. The smallest absolute Gasteiger partial charge is 0.227 e. The highest BCUT2D eigenvalue weighted by Gasteiger charge is 2.33. The molecule has 1 aromatic carbocycles. The Hall–Kier alpha value is -1.31. The average Bonchev–Trinajstić information content (AvgIpc) is 2.61. The van der Waals surface area contributed by atoms with Crippen molar-refractivity contribution in [2.45, 2.75) is 12.8 Å². The van der Waals surface area contributed by atoms with Crippen molar-refractivity contribution in [2.24, 2.45) is 5.92 Å². The number of nitrogens with zero attached hydrogens (tertiary/aromatic N) is 3. The van der Waals surface area contributed by atoms with Crippen molar-refractivity contribution in [2.75, 3.05) is 50.4 Å². The van der Waals surface area contributed by atoms with Crippen LogP contribution in [0.25, 0.3) is 0 Å². The summed E-state index contributed by atoms with van der Waals surface area (Å²) >= 11 is 6.25. The first-order valence-electron chi connectivity index (χ1n) is 8.59. The van der Waals surface area contributed by atoms with Gasteiger partial charge in [0.15, 0.2) is 0 Å². The predicted octanol–water partition coefficient (Wildman–Crippen LogP) is 1.66. The Kier molecular flexibility index (Phi) is 5.55. The Labute approximate surface area is 154 Å². The van der Waals surface area contributed by atoms with Crippen LogP contribution in [-0.2, 0) is 14.8 Å². The maximum absolute atomic E-state index is 12.8. The summed E-state index contributed by atoms with van der Waals surface area (Å²) < 4.78 is 24.9. The average molecular weight is 386 g/mol. The van der Waals surface area contributed by atoms with E-state index < -0.39 is 10.0 Å². The number of halogens is 1. The van der Waals surface area contributed by atoms with Gasteiger partial charge in [-0.05, 0) is 25.0 Å². The lowest BCUT2D eigenvalue weighted by molar-refractivity contribution is -0.137. The topological polar surface area (TPSA) is 60.9 Å². The Morgan fingerprint density at radius 2 is 1.80 bits per heavy atom. The number of carbonyl (C=O) groups excluding carboxylic acids is 1. The molecule has 0 aromatic heterocycles. The largest absolute Gasteiger partial charge is 0.367 e. The Bertz CT molecular complexity index is 732. The molecule has 2 heterocycles. The quantitative estimate of drug-likeness (QED) is 0.794. The number of carbonyl (C=O) groups is 1. The molecule has 0 aliphatic carbocycles. The van der Waals surface area contributed by atoms with Gasteiger partial charge in [-0.1, -0.05) is 23.7 Å². The van der Waals surface area contributed by atoms with Gasteiger partial charge in [-0.2, -0.15) is 0 Å². The molecule has 8 heteroatoms. The molecule has 2 aliphatic heterocycles. The summed E-state index contributed by atoms with van der Waals surface area (Å²) in [6.07, 6.45) is 2.71. The van der Waals surface area contributed by atoms with E-state index in [1.165, 1.54) is 10.6 Å². The van der Waals surface area contributed by atoms with Crippen LogP contribution in [0.15, 0.2) is 24.3 Å². The zero-order chi connectivity index (χ0) is 18.0. The molecule has 1 amide bonds. The minimum Gasteiger partial charge on any atom is -0.367 e. The highest BCUT2D eigenvalue weighted by Crippen LogP contribution is 2.27. The molecule has 0 saturated carbocycles. The van der Waals surface area contributed by atoms with Crippen LogP contribution in [0.5, 0.6) is 0 Å². The summed E-state index contributed by atoms with van der Waals surface area (Å²) in [6, 6.07) is 7.73. The number of sulfonamides is 1. The van der Waals surface area contributed by atoms with E-state index in [9.17, 15) is 13.2 Å². The summed E-state index contributed by atoms with van der Waals surface area (Å²) in [7, 11) is -3.23. The van der Waals surface area contributed by atoms with Crippen molar-refractivity contribution >= 4 is 33.2 Å². The van der Waals surface area contributed by atoms with E-state index in [0.29, 0.717) is 26.2 Å².